The summed E-state index contributed by atoms with van der Waals surface area (Å²) in [5, 5.41) is 5.47. The molecule has 1 aliphatic rings. The fourth-order valence-corrected chi connectivity index (χ4v) is 12.4. The summed E-state index contributed by atoms with van der Waals surface area (Å²) in [7, 11) is -2.73. The van der Waals surface area contributed by atoms with E-state index in [9.17, 15) is 9.59 Å². The minimum Gasteiger partial charge on any atom is -0.465 e. The fourth-order valence-electron chi connectivity index (χ4n) is 7.87. The van der Waals surface area contributed by atoms with Crippen LogP contribution < -0.4 is 31.9 Å². The number of nitrogen functional groups attached to an aromatic ring is 1. The van der Waals surface area contributed by atoms with Gasteiger partial charge >= 0.3 is 5.97 Å². The predicted octanol–water partition coefficient (Wildman–Crippen LogP) is 8.93. The average Bonchev–Trinajstić information content (AvgIpc) is 3.56. The van der Waals surface area contributed by atoms with Gasteiger partial charge in [-0.25, -0.2) is 0 Å². The number of esters is 1. The first kappa shape index (κ1) is 43.1. The molecule has 0 spiro atoms. The Labute approximate surface area is 326 Å². The van der Waals surface area contributed by atoms with Crippen LogP contribution in [-0.2, 0) is 14.0 Å². The zero-order valence-corrected chi connectivity index (χ0v) is 34.8. The van der Waals surface area contributed by atoms with Crippen LogP contribution in [0.3, 0.4) is 0 Å². The summed E-state index contributed by atoms with van der Waals surface area (Å²) < 4.78 is 13.2. The Balaban J connectivity index is 1.29. The van der Waals surface area contributed by atoms with Crippen molar-refractivity contribution < 1.29 is 14.0 Å². The van der Waals surface area contributed by atoms with Gasteiger partial charge in [-0.15, -0.1) is 0 Å². The Hall–Kier alpha value is -3.63. The van der Waals surface area contributed by atoms with E-state index >= 15 is 0 Å². The largest absolute Gasteiger partial charge is 0.465 e. The molecule has 1 unspecified atom stereocenters. The van der Waals surface area contributed by atoms with E-state index in [1.54, 1.807) is 0 Å². The summed E-state index contributed by atoms with van der Waals surface area (Å²) >= 11 is 0. The monoisotopic (exact) mass is 760 g/mol. The molecule has 0 bridgehead atoms. The van der Waals surface area contributed by atoms with Crippen molar-refractivity contribution in [2.75, 3.05) is 42.4 Å². The molecule has 0 saturated heterocycles. The summed E-state index contributed by atoms with van der Waals surface area (Å²) in [4.78, 5) is 34.6. The number of anilines is 3. The summed E-state index contributed by atoms with van der Waals surface area (Å²) in [5.41, 5.74) is 6.05. The molecule has 9 nitrogen and oxygen atoms in total. The first-order chi connectivity index (χ1) is 26.2. The molecule has 2 aromatic carbocycles. The molecule has 4 N–H and O–H groups in total. The number of ether oxygens (including phenoxy) is 1. The molecule has 298 valence electrons. The molecule has 10 heteroatoms. The number of carbonyl (C=O) groups excluding carboxylic acids is 1. The summed E-state index contributed by atoms with van der Waals surface area (Å²) in [6.07, 6.45) is 20.5. The fraction of sp³-hybridized carbons (Fsp3) is 0.614. The number of hydrogen-bond acceptors (Lipinski definition) is 8. The maximum absolute atomic E-state index is 13.0. The Morgan fingerprint density at radius 1 is 0.833 bits per heavy atom. The SMILES string of the molecule is CCCCCCCCCCCCCCCCCC(=O)OCC(CCO[Si](c1ccccc1)(c1ccccc1)C(C)(C)C)CN1CNc2c1nc(N)[nH]c2=O. The molecule has 1 atom stereocenters. The second-order valence-electron chi connectivity index (χ2n) is 16.3. The second kappa shape index (κ2) is 22.7. The van der Waals surface area contributed by atoms with Crippen molar-refractivity contribution in [2.24, 2.45) is 5.92 Å². The standard InChI is InChI=1S/C44H69N5O4Si/c1-5-6-7-8-9-10-11-12-13-14-15-16-17-18-25-30-39(50)52-34-36(33-49-35-46-40-41(49)47-43(45)48-42(40)51)31-32-53-54(44(2,3)4,37-26-21-19-22-27-37)38-28-23-20-24-29-38/h19-24,26-29,36,46H,5-18,25,30-35H2,1-4H3,(H3,45,47,48,51). The lowest BCUT2D eigenvalue weighted by molar-refractivity contribution is -0.145. The molecule has 3 aromatic rings. The van der Waals surface area contributed by atoms with Gasteiger partial charge in [-0.2, -0.15) is 4.98 Å². The van der Waals surface area contributed by atoms with Crippen LogP contribution in [-0.4, -0.2) is 50.7 Å². The normalized spacial score (nSPS) is 13.4. The predicted molar refractivity (Wildman–Crippen MR) is 227 cm³/mol. The van der Waals surface area contributed by atoms with Crippen molar-refractivity contribution in [3.63, 3.8) is 0 Å². The number of nitrogens with two attached hydrogens (primary N) is 1. The van der Waals surface area contributed by atoms with Crippen molar-refractivity contribution in [2.45, 2.75) is 142 Å². The highest BCUT2D eigenvalue weighted by molar-refractivity contribution is 6.99. The highest BCUT2D eigenvalue weighted by Crippen LogP contribution is 2.37. The lowest BCUT2D eigenvalue weighted by Gasteiger charge is -2.43. The van der Waals surface area contributed by atoms with E-state index in [0.717, 1.165) is 12.8 Å². The van der Waals surface area contributed by atoms with Gasteiger partial charge in [-0.3, -0.25) is 14.6 Å². The third-order valence-electron chi connectivity index (χ3n) is 10.9. The van der Waals surface area contributed by atoms with Crippen LogP contribution in [0.25, 0.3) is 0 Å². The molecule has 0 fully saturated rings. The van der Waals surface area contributed by atoms with Gasteiger partial charge < -0.3 is 25.1 Å². The van der Waals surface area contributed by atoms with E-state index < -0.39 is 8.32 Å². The number of H-pyrrole nitrogens is 1. The van der Waals surface area contributed by atoms with Crippen LogP contribution in [0.4, 0.5) is 17.5 Å². The summed E-state index contributed by atoms with van der Waals surface area (Å²) in [6, 6.07) is 21.3. The maximum Gasteiger partial charge on any atom is 0.305 e. The summed E-state index contributed by atoms with van der Waals surface area (Å²) in [6.45, 7) is 10.8. The van der Waals surface area contributed by atoms with Gasteiger partial charge in [0.25, 0.3) is 13.9 Å². The zero-order chi connectivity index (χ0) is 38.7. The molecule has 0 radical (unpaired) electrons. The Morgan fingerprint density at radius 3 is 1.87 bits per heavy atom. The molecule has 0 amide bonds. The van der Waals surface area contributed by atoms with Gasteiger partial charge in [-0.05, 0) is 28.3 Å². The van der Waals surface area contributed by atoms with Crippen LogP contribution >= 0.6 is 0 Å². The van der Waals surface area contributed by atoms with E-state index in [1.165, 1.54) is 93.8 Å². The number of hydrogen-bond donors (Lipinski definition) is 3. The van der Waals surface area contributed by atoms with Crippen molar-refractivity contribution in [3.05, 3.63) is 71.0 Å². The Kier molecular flexibility index (Phi) is 18.1. The molecule has 1 aromatic heterocycles. The van der Waals surface area contributed by atoms with Gasteiger partial charge in [0.1, 0.15) is 5.69 Å². The van der Waals surface area contributed by atoms with Crippen molar-refractivity contribution >= 4 is 42.1 Å². The molecule has 0 aliphatic carbocycles. The molecular formula is C44H69N5O4Si. The van der Waals surface area contributed by atoms with Gasteiger partial charge in [0, 0.05) is 25.5 Å². The van der Waals surface area contributed by atoms with Crippen LogP contribution in [0.15, 0.2) is 65.5 Å². The van der Waals surface area contributed by atoms with E-state index in [1.807, 2.05) is 17.0 Å². The second-order valence-corrected chi connectivity index (χ2v) is 20.6. The molecule has 1 aliphatic heterocycles. The smallest absolute Gasteiger partial charge is 0.305 e. The number of aromatic nitrogens is 2. The third-order valence-corrected chi connectivity index (χ3v) is 15.9. The van der Waals surface area contributed by atoms with Crippen LogP contribution in [0.5, 0.6) is 0 Å². The number of nitrogens with one attached hydrogen (secondary N) is 2. The zero-order valence-electron chi connectivity index (χ0n) is 33.8. The van der Waals surface area contributed by atoms with E-state index in [2.05, 4.69) is 91.5 Å². The van der Waals surface area contributed by atoms with Crippen LogP contribution in [0.1, 0.15) is 137 Å². The van der Waals surface area contributed by atoms with Crippen molar-refractivity contribution in [1.29, 1.82) is 0 Å². The number of nitrogens with zero attached hydrogens (tertiary/aromatic N) is 2. The number of unbranched alkanes of at least 4 members (excludes halogenated alkanes) is 14. The molecule has 0 saturated carbocycles. The first-order valence-electron chi connectivity index (χ1n) is 20.9. The lowest BCUT2D eigenvalue weighted by Crippen LogP contribution is -2.66. The lowest BCUT2D eigenvalue weighted by atomic mass is 10.0. The van der Waals surface area contributed by atoms with E-state index in [0.29, 0.717) is 44.2 Å². The van der Waals surface area contributed by atoms with Gasteiger partial charge in [0.15, 0.2) is 5.82 Å². The molecule has 4 rings (SSSR count). The Morgan fingerprint density at radius 2 is 1.35 bits per heavy atom. The van der Waals surface area contributed by atoms with Crippen LogP contribution in [0, 0.1) is 5.92 Å². The van der Waals surface area contributed by atoms with E-state index in [-0.39, 0.29) is 35.0 Å². The van der Waals surface area contributed by atoms with Gasteiger partial charge in [0.05, 0.1) is 13.3 Å². The minimum atomic E-state index is -2.73. The van der Waals surface area contributed by atoms with E-state index in [4.69, 9.17) is 14.9 Å². The maximum atomic E-state index is 13.0. The molecule has 2 heterocycles. The molecule has 54 heavy (non-hydrogen) atoms. The highest BCUT2D eigenvalue weighted by Gasteiger charge is 2.50. The average molecular weight is 760 g/mol. The third kappa shape index (κ3) is 13.0. The number of aromatic amines is 1. The topological polar surface area (TPSA) is 123 Å². The van der Waals surface area contributed by atoms with Gasteiger partial charge in [0.2, 0.25) is 5.95 Å². The van der Waals surface area contributed by atoms with Gasteiger partial charge in [-0.1, -0.05) is 178 Å². The summed E-state index contributed by atoms with van der Waals surface area (Å²) in [5.74, 6) is 0.400. The van der Waals surface area contributed by atoms with Crippen molar-refractivity contribution in [3.8, 4) is 0 Å². The molecular weight excluding hydrogens is 691 g/mol. The minimum absolute atomic E-state index is 0.0525. The van der Waals surface area contributed by atoms with Crippen LogP contribution in [0.2, 0.25) is 5.04 Å². The Bertz CT molecular complexity index is 1520. The number of rotatable bonds is 26. The number of carbonyl (C=O) groups is 1. The van der Waals surface area contributed by atoms with Crippen molar-refractivity contribution in [1.82, 2.24) is 9.97 Å². The number of fused-ring (bicyclic) bond motifs is 1. The number of benzene rings is 2. The highest BCUT2D eigenvalue weighted by atomic mass is 28.4. The quantitative estimate of drug-likeness (QED) is 0.0422. The first-order valence-corrected chi connectivity index (χ1v) is 22.9.